The highest BCUT2D eigenvalue weighted by atomic mass is 32.2. The summed E-state index contributed by atoms with van der Waals surface area (Å²) < 4.78 is 5.92. The number of nitrogens with one attached hydrogen (secondary N) is 3. The van der Waals surface area contributed by atoms with Gasteiger partial charge >= 0.3 is 0 Å². The zero-order valence-corrected chi connectivity index (χ0v) is 31.8. The fourth-order valence-corrected chi connectivity index (χ4v) is 7.31. The summed E-state index contributed by atoms with van der Waals surface area (Å²) in [4.78, 5) is 46.9. The predicted octanol–water partition coefficient (Wildman–Crippen LogP) is 9.92. The number of nitrogens with zero attached hydrogens (tertiary/aromatic N) is 1. The van der Waals surface area contributed by atoms with Gasteiger partial charge in [0.1, 0.15) is 18.1 Å². The normalized spacial score (nSPS) is 11.7. The van der Waals surface area contributed by atoms with E-state index in [-0.39, 0.29) is 11.6 Å². The number of ether oxygens (including phenoxy) is 1. The van der Waals surface area contributed by atoms with Gasteiger partial charge in [-0.25, -0.2) is 4.98 Å². The molecule has 0 aliphatic heterocycles. The van der Waals surface area contributed by atoms with Crippen molar-refractivity contribution in [1.29, 1.82) is 0 Å². The summed E-state index contributed by atoms with van der Waals surface area (Å²) in [6.45, 7) is 6.43. The van der Waals surface area contributed by atoms with E-state index in [1.54, 1.807) is 36.4 Å². The third-order valence-electron chi connectivity index (χ3n) is 8.35. The van der Waals surface area contributed by atoms with Crippen LogP contribution in [0.1, 0.15) is 45.3 Å². The maximum Gasteiger partial charge on any atom is 0.272 e. The quantitative estimate of drug-likeness (QED) is 0.0755. The van der Waals surface area contributed by atoms with Crippen LogP contribution in [0.25, 0.3) is 17.3 Å². The molecule has 0 aliphatic carbocycles. The van der Waals surface area contributed by atoms with Gasteiger partial charge in [-0.1, -0.05) is 103 Å². The summed E-state index contributed by atoms with van der Waals surface area (Å²) >= 11 is 2.86. The lowest BCUT2D eigenvalue weighted by Crippen LogP contribution is -2.30. The van der Waals surface area contributed by atoms with Crippen molar-refractivity contribution in [2.45, 2.75) is 43.9 Å². The molecule has 6 aromatic rings. The van der Waals surface area contributed by atoms with Gasteiger partial charge < -0.3 is 20.7 Å². The van der Waals surface area contributed by atoms with Crippen LogP contribution in [0.2, 0.25) is 0 Å². The Morgan fingerprint density at radius 1 is 0.815 bits per heavy atom. The molecule has 0 radical (unpaired) electrons. The molecule has 1 heterocycles. The van der Waals surface area contributed by atoms with Gasteiger partial charge in [0.15, 0.2) is 5.13 Å². The lowest BCUT2D eigenvalue weighted by molar-refractivity contribution is -0.116. The lowest BCUT2D eigenvalue weighted by atomic mass is 10.1. The van der Waals surface area contributed by atoms with Crippen molar-refractivity contribution in [3.8, 4) is 17.0 Å². The number of thiazole rings is 1. The Bertz CT molecular complexity index is 2240. The van der Waals surface area contributed by atoms with E-state index in [4.69, 9.17) is 9.72 Å². The molecule has 272 valence electrons. The van der Waals surface area contributed by atoms with Crippen molar-refractivity contribution >= 4 is 57.7 Å². The number of benzene rings is 5. The summed E-state index contributed by atoms with van der Waals surface area (Å²) in [7, 11) is 0. The van der Waals surface area contributed by atoms with Crippen molar-refractivity contribution in [2.24, 2.45) is 0 Å². The monoisotopic (exact) mass is 752 g/mol. The summed E-state index contributed by atoms with van der Waals surface area (Å²) in [6.07, 6.45) is 2.20. The van der Waals surface area contributed by atoms with Gasteiger partial charge in [0, 0.05) is 26.6 Å². The average Bonchev–Trinajstić information content (AvgIpc) is 3.56. The Labute approximate surface area is 323 Å². The van der Waals surface area contributed by atoms with E-state index in [0.717, 1.165) is 26.6 Å². The zero-order chi connectivity index (χ0) is 37.9. The van der Waals surface area contributed by atoms with E-state index < -0.39 is 17.1 Å². The zero-order valence-electron chi connectivity index (χ0n) is 30.2. The van der Waals surface area contributed by atoms with Crippen LogP contribution in [-0.4, -0.2) is 28.0 Å². The number of anilines is 2. The minimum absolute atomic E-state index is 0.0643. The molecule has 1 aromatic heterocycles. The van der Waals surface area contributed by atoms with Crippen LogP contribution in [0, 0.1) is 13.8 Å². The van der Waals surface area contributed by atoms with E-state index in [9.17, 15) is 14.4 Å². The number of hydrogen-bond acceptors (Lipinski definition) is 7. The van der Waals surface area contributed by atoms with E-state index in [1.165, 1.54) is 28.7 Å². The summed E-state index contributed by atoms with van der Waals surface area (Å²) in [6, 6.07) is 41.4. The highest BCUT2D eigenvalue weighted by molar-refractivity contribution is 8.00. The fourth-order valence-electron chi connectivity index (χ4n) is 5.46. The van der Waals surface area contributed by atoms with E-state index in [1.807, 2.05) is 124 Å². The number of amides is 3. The number of aromatic nitrogens is 1. The van der Waals surface area contributed by atoms with Gasteiger partial charge in [-0.15, -0.1) is 23.1 Å². The molecule has 1 atom stereocenters. The van der Waals surface area contributed by atoms with Crippen molar-refractivity contribution in [2.75, 3.05) is 10.6 Å². The van der Waals surface area contributed by atoms with Crippen LogP contribution in [-0.2, 0) is 16.2 Å². The Kier molecular flexibility index (Phi) is 12.7. The van der Waals surface area contributed by atoms with Crippen molar-refractivity contribution in [3.63, 3.8) is 0 Å². The smallest absolute Gasteiger partial charge is 0.272 e. The van der Waals surface area contributed by atoms with Crippen LogP contribution in [0.3, 0.4) is 0 Å². The first kappa shape index (κ1) is 37.8. The Balaban J connectivity index is 1.14. The van der Waals surface area contributed by atoms with Crippen LogP contribution in [0.4, 0.5) is 10.8 Å². The fraction of sp³-hybridized carbons (Fsp3) is 0.136. The van der Waals surface area contributed by atoms with Crippen molar-refractivity contribution < 1.29 is 19.1 Å². The highest BCUT2D eigenvalue weighted by Crippen LogP contribution is 2.33. The first-order chi connectivity index (χ1) is 26.2. The third kappa shape index (κ3) is 10.3. The number of carbonyl (C=O) groups is 3. The molecule has 1 unspecified atom stereocenters. The number of thioether (sulfide) groups is 1. The molecule has 0 saturated heterocycles. The van der Waals surface area contributed by atoms with E-state index in [2.05, 4.69) is 16.0 Å². The predicted molar refractivity (Wildman–Crippen MR) is 220 cm³/mol. The molecule has 3 amide bonds. The topological polar surface area (TPSA) is 109 Å². The SMILES string of the molecule is CCC(Sc1cccc(NC(=O)/C(=C/c2ccc(OCc3ccccc3)cc2)NC(=O)c2ccccc2)c1)C(=O)Nc1nc(-c2ccc(C)cc2)c(C)s1. The standard InChI is InChI=1S/C44H40N4O4S2/c1-4-39(43(51)48-44-47-40(30(3)53-44)33-22-18-29(2)19-23-33)54-37-17-11-16-35(27-37)45-42(50)38(46-41(49)34-14-9-6-10-15-34)26-31-20-24-36(25-21-31)52-28-32-12-7-5-8-13-32/h5-27,39H,4,28H2,1-3H3,(H,45,50)(H,46,49)(H,47,48,51)/b38-26-. The molecule has 3 N–H and O–H groups in total. The minimum Gasteiger partial charge on any atom is -0.489 e. The second-order valence-corrected chi connectivity index (χ2v) is 15.0. The second kappa shape index (κ2) is 18.2. The van der Waals surface area contributed by atoms with Crippen LogP contribution >= 0.6 is 23.1 Å². The minimum atomic E-state index is -0.501. The molecule has 8 nitrogen and oxygen atoms in total. The second-order valence-electron chi connectivity index (χ2n) is 12.5. The molecule has 0 bridgehead atoms. The molecule has 5 aromatic carbocycles. The lowest BCUT2D eigenvalue weighted by Gasteiger charge is -2.15. The molecule has 10 heteroatoms. The van der Waals surface area contributed by atoms with Gasteiger partial charge in [0.25, 0.3) is 11.8 Å². The van der Waals surface area contributed by atoms with Crippen molar-refractivity contribution in [3.05, 3.63) is 166 Å². The van der Waals surface area contributed by atoms with Crippen LogP contribution < -0.4 is 20.7 Å². The first-order valence-electron chi connectivity index (χ1n) is 17.5. The van der Waals surface area contributed by atoms with Crippen molar-refractivity contribution in [1.82, 2.24) is 10.3 Å². The third-order valence-corrected chi connectivity index (χ3v) is 10.6. The number of carbonyl (C=O) groups excluding carboxylic acids is 3. The molecular weight excluding hydrogens is 713 g/mol. The molecular formula is C44H40N4O4S2. The van der Waals surface area contributed by atoms with E-state index in [0.29, 0.717) is 40.7 Å². The van der Waals surface area contributed by atoms with Gasteiger partial charge in [0.05, 0.1) is 10.9 Å². The van der Waals surface area contributed by atoms with Gasteiger partial charge in [-0.2, -0.15) is 0 Å². The summed E-state index contributed by atoms with van der Waals surface area (Å²) in [5, 5.41) is 8.89. The average molecular weight is 753 g/mol. The molecule has 0 saturated carbocycles. The van der Waals surface area contributed by atoms with Crippen LogP contribution in [0.5, 0.6) is 5.75 Å². The largest absolute Gasteiger partial charge is 0.489 e. The van der Waals surface area contributed by atoms with E-state index >= 15 is 0 Å². The molecule has 0 fully saturated rings. The Hall–Kier alpha value is -5.97. The highest BCUT2D eigenvalue weighted by Gasteiger charge is 2.21. The molecule has 54 heavy (non-hydrogen) atoms. The Morgan fingerprint density at radius 2 is 1.52 bits per heavy atom. The summed E-state index contributed by atoms with van der Waals surface area (Å²) in [5.41, 5.74) is 5.79. The summed E-state index contributed by atoms with van der Waals surface area (Å²) in [5.74, 6) is -0.384. The van der Waals surface area contributed by atoms with Gasteiger partial charge in [-0.3, -0.25) is 14.4 Å². The maximum absolute atomic E-state index is 13.8. The van der Waals surface area contributed by atoms with Crippen LogP contribution in [0.15, 0.2) is 144 Å². The number of aryl methyl sites for hydroxylation is 2. The first-order valence-corrected chi connectivity index (χ1v) is 19.2. The van der Waals surface area contributed by atoms with Gasteiger partial charge in [-0.05, 0) is 79.9 Å². The maximum atomic E-state index is 13.8. The number of hydrogen-bond donors (Lipinski definition) is 3. The number of rotatable bonds is 14. The molecule has 0 aliphatic rings. The van der Waals surface area contributed by atoms with Gasteiger partial charge in [0.2, 0.25) is 5.91 Å². The Morgan fingerprint density at radius 3 is 2.22 bits per heavy atom. The molecule has 6 rings (SSSR count). The molecule has 0 spiro atoms.